The normalized spacial score (nSPS) is 14.5. The molecular formula is C16H16N4O3. The molecule has 1 amide bonds. The van der Waals surface area contributed by atoms with Gasteiger partial charge in [0, 0.05) is 25.1 Å². The Morgan fingerprint density at radius 3 is 3.09 bits per heavy atom. The van der Waals surface area contributed by atoms with E-state index in [1.54, 1.807) is 23.2 Å². The Morgan fingerprint density at radius 1 is 1.39 bits per heavy atom. The minimum Gasteiger partial charge on any atom is -0.445 e. The van der Waals surface area contributed by atoms with Gasteiger partial charge in [-0.15, -0.1) is 0 Å². The van der Waals surface area contributed by atoms with Gasteiger partial charge in [0.25, 0.3) is 5.91 Å². The lowest BCUT2D eigenvalue weighted by atomic mass is 10.1. The van der Waals surface area contributed by atoms with Gasteiger partial charge < -0.3 is 13.8 Å². The van der Waals surface area contributed by atoms with Gasteiger partial charge in [-0.1, -0.05) is 19.0 Å². The topological polar surface area (TPSA) is 85.3 Å². The summed E-state index contributed by atoms with van der Waals surface area (Å²) in [5.74, 6) is 1.86. The summed E-state index contributed by atoms with van der Waals surface area (Å²) >= 11 is 0. The van der Waals surface area contributed by atoms with Crippen LogP contribution in [0.3, 0.4) is 0 Å². The molecular weight excluding hydrogens is 296 g/mol. The molecule has 0 bridgehead atoms. The van der Waals surface area contributed by atoms with Crippen LogP contribution in [0.5, 0.6) is 0 Å². The Bertz CT molecular complexity index is 880. The fraction of sp³-hybridized carbons (Fsp3) is 0.375. The number of carbonyl (C=O) groups excluding carboxylic acids is 1. The van der Waals surface area contributed by atoms with Gasteiger partial charge in [-0.25, -0.2) is 9.97 Å². The second-order valence-corrected chi connectivity index (χ2v) is 5.94. The summed E-state index contributed by atoms with van der Waals surface area (Å²) in [5.41, 5.74) is 1.27. The number of hydrogen-bond acceptors (Lipinski definition) is 6. The first kappa shape index (κ1) is 13.9. The van der Waals surface area contributed by atoms with E-state index in [9.17, 15) is 4.79 Å². The van der Waals surface area contributed by atoms with Gasteiger partial charge >= 0.3 is 0 Å². The van der Waals surface area contributed by atoms with Crippen LogP contribution in [0.15, 0.2) is 27.3 Å². The fourth-order valence-corrected chi connectivity index (χ4v) is 2.72. The Labute approximate surface area is 132 Å². The van der Waals surface area contributed by atoms with E-state index >= 15 is 0 Å². The first-order valence-electron chi connectivity index (χ1n) is 7.61. The molecule has 0 atom stereocenters. The standard InChI is InChI=1S/C16H16N4O3/c1-9(2)15-18-11-8-20(7-5-12(11)22-15)16(21)13-10-4-3-6-17-14(10)19-23-13/h3-4,6,9H,5,7-8H2,1-2H3. The number of rotatable bonds is 2. The number of nitrogens with zero attached hydrogens (tertiary/aromatic N) is 4. The van der Waals surface area contributed by atoms with Crippen molar-refractivity contribution < 1.29 is 13.7 Å². The van der Waals surface area contributed by atoms with E-state index in [0.717, 1.165) is 17.3 Å². The molecule has 4 heterocycles. The van der Waals surface area contributed by atoms with Gasteiger partial charge in [-0.3, -0.25) is 4.79 Å². The maximum atomic E-state index is 12.7. The average molecular weight is 312 g/mol. The number of carbonyl (C=O) groups is 1. The van der Waals surface area contributed by atoms with Gasteiger partial charge in [0.1, 0.15) is 11.5 Å². The SMILES string of the molecule is CC(C)c1nc2c(o1)CCN(C(=O)c1onc3ncccc13)C2. The van der Waals surface area contributed by atoms with Gasteiger partial charge in [0.15, 0.2) is 5.89 Å². The maximum Gasteiger partial charge on any atom is 0.293 e. The molecule has 0 aromatic carbocycles. The first-order chi connectivity index (χ1) is 11.1. The van der Waals surface area contributed by atoms with Crippen LogP contribution in [0.1, 0.15) is 47.7 Å². The lowest BCUT2D eigenvalue weighted by Gasteiger charge is -2.24. The second kappa shape index (κ2) is 5.19. The zero-order valence-corrected chi connectivity index (χ0v) is 12.9. The Kier molecular flexibility index (Phi) is 3.14. The van der Waals surface area contributed by atoms with Gasteiger partial charge in [-0.05, 0) is 12.1 Å². The van der Waals surface area contributed by atoms with Crippen molar-refractivity contribution in [2.24, 2.45) is 0 Å². The molecule has 0 radical (unpaired) electrons. The Balaban J connectivity index is 1.62. The maximum absolute atomic E-state index is 12.7. The van der Waals surface area contributed by atoms with Gasteiger partial charge in [0.2, 0.25) is 11.4 Å². The molecule has 7 heteroatoms. The third-order valence-corrected chi connectivity index (χ3v) is 3.97. The van der Waals surface area contributed by atoms with E-state index in [4.69, 9.17) is 8.94 Å². The van der Waals surface area contributed by atoms with Crippen LogP contribution in [-0.2, 0) is 13.0 Å². The van der Waals surface area contributed by atoms with Crippen LogP contribution >= 0.6 is 0 Å². The molecule has 1 aliphatic heterocycles. The molecule has 0 aliphatic carbocycles. The summed E-state index contributed by atoms with van der Waals surface area (Å²) < 4.78 is 11.0. The van der Waals surface area contributed by atoms with E-state index in [1.165, 1.54) is 0 Å². The third kappa shape index (κ3) is 2.28. The molecule has 7 nitrogen and oxygen atoms in total. The predicted molar refractivity (Wildman–Crippen MR) is 80.8 cm³/mol. The average Bonchev–Trinajstić information content (AvgIpc) is 3.17. The summed E-state index contributed by atoms with van der Waals surface area (Å²) in [6.07, 6.45) is 2.28. The first-order valence-corrected chi connectivity index (χ1v) is 7.61. The quantitative estimate of drug-likeness (QED) is 0.723. The van der Waals surface area contributed by atoms with Crippen molar-refractivity contribution in [3.8, 4) is 0 Å². The van der Waals surface area contributed by atoms with Crippen molar-refractivity contribution >= 4 is 16.9 Å². The van der Waals surface area contributed by atoms with Crippen LogP contribution in [0.25, 0.3) is 11.0 Å². The van der Waals surface area contributed by atoms with Crippen LogP contribution in [-0.4, -0.2) is 32.5 Å². The summed E-state index contributed by atoms with van der Waals surface area (Å²) in [4.78, 5) is 23.0. The largest absolute Gasteiger partial charge is 0.445 e. The van der Waals surface area contributed by atoms with Crippen molar-refractivity contribution in [3.05, 3.63) is 41.4 Å². The number of amides is 1. The van der Waals surface area contributed by atoms with Crippen molar-refractivity contribution in [2.45, 2.75) is 32.7 Å². The molecule has 1 aliphatic rings. The number of pyridine rings is 1. The van der Waals surface area contributed by atoms with Crippen LogP contribution in [0.4, 0.5) is 0 Å². The lowest BCUT2D eigenvalue weighted by Crippen LogP contribution is -2.35. The third-order valence-electron chi connectivity index (χ3n) is 3.97. The predicted octanol–water partition coefficient (Wildman–Crippen LogP) is 2.53. The van der Waals surface area contributed by atoms with Crippen molar-refractivity contribution in [1.29, 1.82) is 0 Å². The number of oxazole rings is 1. The zero-order chi connectivity index (χ0) is 16.0. The van der Waals surface area contributed by atoms with E-state index in [1.807, 2.05) is 13.8 Å². The van der Waals surface area contributed by atoms with Crippen LogP contribution in [0, 0.1) is 0 Å². The zero-order valence-electron chi connectivity index (χ0n) is 12.9. The van der Waals surface area contributed by atoms with Crippen LogP contribution < -0.4 is 0 Å². The second-order valence-electron chi connectivity index (χ2n) is 5.94. The summed E-state index contributed by atoms with van der Waals surface area (Å²) in [6.45, 7) is 5.07. The Hall–Kier alpha value is -2.70. The van der Waals surface area contributed by atoms with E-state index in [-0.39, 0.29) is 17.6 Å². The number of hydrogen-bond donors (Lipinski definition) is 0. The molecule has 0 N–H and O–H groups in total. The molecule has 3 aromatic rings. The molecule has 23 heavy (non-hydrogen) atoms. The fourth-order valence-electron chi connectivity index (χ4n) is 2.72. The van der Waals surface area contributed by atoms with E-state index < -0.39 is 0 Å². The monoisotopic (exact) mass is 312 g/mol. The smallest absolute Gasteiger partial charge is 0.293 e. The summed E-state index contributed by atoms with van der Waals surface area (Å²) in [5, 5.41) is 4.47. The van der Waals surface area contributed by atoms with Crippen molar-refractivity contribution in [1.82, 2.24) is 20.0 Å². The number of fused-ring (bicyclic) bond motifs is 2. The Morgan fingerprint density at radius 2 is 2.26 bits per heavy atom. The van der Waals surface area contributed by atoms with Gasteiger partial charge in [0.05, 0.1) is 11.9 Å². The van der Waals surface area contributed by atoms with Crippen LogP contribution in [0.2, 0.25) is 0 Å². The van der Waals surface area contributed by atoms with E-state index in [0.29, 0.717) is 30.5 Å². The summed E-state index contributed by atoms with van der Waals surface area (Å²) in [6, 6.07) is 3.55. The molecule has 0 spiro atoms. The van der Waals surface area contributed by atoms with Crippen molar-refractivity contribution in [3.63, 3.8) is 0 Å². The lowest BCUT2D eigenvalue weighted by molar-refractivity contribution is 0.0688. The minimum atomic E-state index is -0.194. The minimum absolute atomic E-state index is 0.194. The number of aromatic nitrogens is 3. The molecule has 4 rings (SSSR count). The molecule has 0 fully saturated rings. The highest BCUT2D eigenvalue weighted by molar-refractivity contribution is 6.02. The highest BCUT2D eigenvalue weighted by Gasteiger charge is 2.29. The molecule has 118 valence electrons. The molecule has 3 aromatic heterocycles. The van der Waals surface area contributed by atoms with E-state index in [2.05, 4.69) is 15.1 Å². The molecule has 0 saturated carbocycles. The summed E-state index contributed by atoms with van der Waals surface area (Å²) in [7, 11) is 0. The van der Waals surface area contributed by atoms with Crippen molar-refractivity contribution in [2.75, 3.05) is 6.54 Å². The molecule has 0 saturated heterocycles. The molecule has 0 unspecified atom stereocenters. The van der Waals surface area contributed by atoms with Gasteiger partial charge in [-0.2, -0.15) is 0 Å². The highest BCUT2D eigenvalue weighted by atomic mass is 16.5. The highest BCUT2D eigenvalue weighted by Crippen LogP contribution is 2.26.